The number of para-hydroxylation sites is 2. The van der Waals surface area contributed by atoms with Crippen LogP contribution in [0.5, 0.6) is 5.75 Å². The topological polar surface area (TPSA) is 21.3 Å². The van der Waals surface area contributed by atoms with Gasteiger partial charge in [-0.1, -0.05) is 12.1 Å². The normalized spacial score (nSPS) is 10.6. The second kappa shape index (κ2) is 8.17. The lowest BCUT2D eigenvalue weighted by atomic mass is 10.2. The number of nitrogens with one attached hydrogen (secondary N) is 1. The molecule has 0 atom stereocenters. The summed E-state index contributed by atoms with van der Waals surface area (Å²) in [6.07, 6.45) is 4.20. The quantitative estimate of drug-likeness (QED) is 0.718. The molecule has 2 nitrogen and oxygen atoms in total. The van der Waals surface area contributed by atoms with E-state index in [1.54, 1.807) is 18.2 Å². The molecule has 0 aliphatic carbocycles. The van der Waals surface area contributed by atoms with Crippen molar-refractivity contribution in [2.45, 2.75) is 19.5 Å². The van der Waals surface area contributed by atoms with Crippen LogP contribution in [0, 0.1) is 0 Å². The standard InChI is InChI=1S/C12H17F2NOS/c1-17-9-5-4-8-15-10-6-2-3-7-11(10)16-12(13)14/h2-3,6-7,12,15H,4-5,8-9H2,1H3. The van der Waals surface area contributed by atoms with Gasteiger partial charge in [-0.2, -0.15) is 20.5 Å². The number of alkyl halides is 2. The monoisotopic (exact) mass is 261 g/mol. The van der Waals surface area contributed by atoms with E-state index in [0.717, 1.165) is 25.1 Å². The molecular formula is C12H17F2NOS. The van der Waals surface area contributed by atoms with Gasteiger partial charge in [-0.15, -0.1) is 0 Å². The summed E-state index contributed by atoms with van der Waals surface area (Å²) in [6, 6.07) is 6.75. The highest BCUT2D eigenvalue weighted by Gasteiger charge is 2.08. The largest absolute Gasteiger partial charge is 0.433 e. The number of halogens is 2. The molecule has 0 unspecified atom stereocenters. The second-order valence-electron chi connectivity index (χ2n) is 3.50. The van der Waals surface area contributed by atoms with Gasteiger partial charge in [-0.3, -0.25) is 0 Å². The molecule has 0 spiro atoms. The van der Waals surface area contributed by atoms with Gasteiger partial charge in [0, 0.05) is 6.54 Å². The predicted octanol–water partition coefficient (Wildman–Crippen LogP) is 3.84. The van der Waals surface area contributed by atoms with Crippen LogP contribution in [0.4, 0.5) is 14.5 Å². The van der Waals surface area contributed by atoms with Crippen LogP contribution in [-0.2, 0) is 0 Å². The van der Waals surface area contributed by atoms with Crippen LogP contribution in [0.2, 0.25) is 0 Å². The first kappa shape index (κ1) is 14.1. The number of hydrogen-bond donors (Lipinski definition) is 1. The fraction of sp³-hybridized carbons (Fsp3) is 0.500. The summed E-state index contributed by atoms with van der Waals surface area (Å²) in [5.74, 6) is 1.32. The number of rotatable bonds is 8. The molecule has 0 aliphatic rings. The first-order chi connectivity index (χ1) is 8.24. The van der Waals surface area contributed by atoms with Crippen LogP contribution in [-0.4, -0.2) is 25.2 Å². The molecule has 1 N–H and O–H groups in total. The van der Waals surface area contributed by atoms with Crippen LogP contribution in [0.25, 0.3) is 0 Å². The second-order valence-corrected chi connectivity index (χ2v) is 4.49. The lowest BCUT2D eigenvalue weighted by Crippen LogP contribution is -2.07. The number of unbranched alkanes of at least 4 members (excludes halogenated alkanes) is 1. The van der Waals surface area contributed by atoms with Crippen molar-refractivity contribution in [3.8, 4) is 5.75 Å². The molecule has 96 valence electrons. The number of thioether (sulfide) groups is 1. The van der Waals surface area contributed by atoms with Crippen molar-refractivity contribution in [2.75, 3.05) is 23.9 Å². The maximum absolute atomic E-state index is 12.1. The number of hydrogen-bond acceptors (Lipinski definition) is 3. The summed E-state index contributed by atoms with van der Waals surface area (Å²) in [4.78, 5) is 0. The molecule has 17 heavy (non-hydrogen) atoms. The van der Waals surface area contributed by atoms with E-state index < -0.39 is 6.61 Å². The lowest BCUT2D eigenvalue weighted by molar-refractivity contribution is -0.0493. The lowest BCUT2D eigenvalue weighted by Gasteiger charge is -2.12. The molecule has 0 heterocycles. The van der Waals surface area contributed by atoms with Crippen molar-refractivity contribution in [1.29, 1.82) is 0 Å². The number of benzene rings is 1. The number of anilines is 1. The summed E-state index contributed by atoms with van der Waals surface area (Å²) in [5.41, 5.74) is 0.622. The molecule has 0 saturated heterocycles. The van der Waals surface area contributed by atoms with Crippen LogP contribution >= 0.6 is 11.8 Å². The van der Waals surface area contributed by atoms with Crippen LogP contribution in [0.3, 0.4) is 0 Å². The van der Waals surface area contributed by atoms with Crippen molar-refractivity contribution >= 4 is 17.4 Å². The Morgan fingerprint density at radius 2 is 2.06 bits per heavy atom. The van der Waals surface area contributed by atoms with Crippen molar-refractivity contribution in [2.24, 2.45) is 0 Å². The van der Waals surface area contributed by atoms with Crippen molar-refractivity contribution in [3.63, 3.8) is 0 Å². The minimum Gasteiger partial charge on any atom is -0.433 e. The Morgan fingerprint density at radius 3 is 2.76 bits per heavy atom. The maximum Gasteiger partial charge on any atom is 0.387 e. The molecule has 0 radical (unpaired) electrons. The first-order valence-electron chi connectivity index (χ1n) is 5.50. The van der Waals surface area contributed by atoms with Gasteiger partial charge in [-0.05, 0) is 37.0 Å². The predicted molar refractivity (Wildman–Crippen MR) is 69.2 cm³/mol. The first-order valence-corrected chi connectivity index (χ1v) is 6.90. The van der Waals surface area contributed by atoms with Gasteiger partial charge in [0.05, 0.1) is 5.69 Å². The van der Waals surface area contributed by atoms with E-state index in [9.17, 15) is 8.78 Å². The van der Waals surface area contributed by atoms with Gasteiger partial charge in [0.2, 0.25) is 0 Å². The van der Waals surface area contributed by atoms with Crippen molar-refractivity contribution in [1.82, 2.24) is 0 Å². The fourth-order valence-corrected chi connectivity index (χ4v) is 1.90. The summed E-state index contributed by atoms with van der Waals surface area (Å²) in [5, 5.41) is 3.11. The van der Waals surface area contributed by atoms with Gasteiger partial charge in [-0.25, -0.2) is 0 Å². The Morgan fingerprint density at radius 1 is 1.29 bits per heavy atom. The summed E-state index contributed by atoms with van der Waals surface area (Å²) in [7, 11) is 0. The highest BCUT2D eigenvalue weighted by atomic mass is 32.2. The molecule has 1 aromatic rings. The van der Waals surface area contributed by atoms with Gasteiger partial charge in [0.1, 0.15) is 5.75 Å². The van der Waals surface area contributed by atoms with Crippen LogP contribution in [0.1, 0.15) is 12.8 Å². The third kappa shape index (κ3) is 5.77. The zero-order valence-corrected chi connectivity index (χ0v) is 10.6. The molecule has 5 heteroatoms. The molecule has 0 aromatic heterocycles. The van der Waals surface area contributed by atoms with Gasteiger partial charge < -0.3 is 10.1 Å². The van der Waals surface area contributed by atoms with Gasteiger partial charge >= 0.3 is 6.61 Å². The average Bonchev–Trinajstić information content (AvgIpc) is 2.30. The summed E-state index contributed by atoms with van der Waals surface area (Å²) in [6.45, 7) is -2.01. The van der Waals surface area contributed by atoms with Crippen LogP contribution in [0.15, 0.2) is 24.3 Å². The zero-order chi connectivity index (χ0) is 12.5. The molecule has 0 bridgehead atoms. The Bertz CT molecular complexity index is 323. The minimum absolute atomic E-state index is 0.201. The molecule has 0 aliphatic heterocycles. The van der Waals surface area contributed by atoms with E-state index >= 15 is 0 Å². The van der Waals surface area contributed by atoms with Gasteiger partial charge in [0.25, 0.3) is 0 Å². The third-order valence-electron chi connectivity index (χ3n) is 2.19. The Balaban J connectivity index is 2.40. The van der Waals surface area contributed by atoms with E-state index in [4.69, 9.17) is 0 Å². The Labute approximate surface area is 105 Å². The van der Waals surface area contributed by atoms with E-state index in [0.29, 0.717) is 5.69 Å². The van der Waals surface area contributed by atoms with E-state index in [1.165, 1.54) is 6.07 Å². The van der Waals surface area contributed by atoms with Crippen molar-refractivity contribution in [3.05, 3.63) is 24.3 Å². The highest BCUT2D eigenvalue weighted by Crippen LogP contribution is 2.25. The molecular weight excluding hydrogens is 244 g/mol. The smallest absolute Gasteiger partial charge is 0.387 e. The Hall–Kier alpha value is -0.970. The fourth-order valence-electron chi connectivity index (χ4n) is 1.41. The van der Waals surface area contributed by atoms with E-state index in [-0.39, 0.29) is 5.75 Å². The van der Waals surface area contributed by atoms with Crippen molar-refractivity contribution < 1.29 is 13.5 Å². The van der Waals surface area contributed by atoms with Crippen LogP contribution < -0.4 is 10.1 Å². The Kier molecular flexibility index (Phi) is 6.77. The SMILES string of the molecule is CSCCCCNc1ccccc1OC(F)F. The molecule has 1 aromatic carbocycles. The number of ether oxygens (including phenoxy) is 1. The highest BCUT2D eigenvalue weighted by molar-refractivity contribution is 7.98. The summed E-state index contributed by atoms with van der Waals surface area (Å²) < 4.78 is 28.7. The zero-order valence-electron chi connectivity index (χ0n) is 9.79. The van der Waals surface area contributed by atoms with E-state index in [1.807, 2.05) is 11.8 Å². The average molecular weight is 261 g/mol. The molecule has 0 amide bonds. The van der Waals surface area contributed by atoms with E-state index in [2.05, 4.69) is 16.3 Å². The third-order valence-corrected chi connectivity index (χ3v) is 2.89. The minimum atomic E-state index is -2.78. The molecule has 0 saturated carbocycles. The maximum atomic E-state index is 12.1. The molecule has 1 rings (SSSR count). The van der Waals surface area contributed by atoms with Gasteiger partial charge in [0.15, 0.2) is 0 Å². The molecule has 0 fully saturated rings. The summed E-state index contributed by atoms with van der Waals surface area (Å²) >= 11 is 1.81.